The molecule has 0 unspecified atom stereocenters. The van der Waals surface area contributed by atoms with Crippen molar-refractivity contribution in [3.8, 4) is 0 Å². The topological polar surface area (TPSA) is 83.0 Å². The van der Waals surface area contributed by atoms with Gasteiger partial charge >= 0.3 is 0 Å². The first-order valence-electron chi connectivity index (χ1n) is 6.38. The van der Waals surface area contributed by atoms with Gasteiger partial charge in [0.2, 0.25) is 0 Å². The number of hydrazone groups is 1. The Morgan fingerprint density at radius 1 is 1.29 bits per heavy atom. The van der Waals surface area contributed by atoms with Gasteiger partial charge in [0.1, 0.15) is 13.8 Å². The lowest BCUT2D eigenvalue weighted by Crippen LogP contribution is -2.41. The van der Waals surface area contributed by atoms with Crippen LogP contribution in [0, 0.1) is 0 Å². The highest BCUT2D eigenvalue weighted by atomic mass is 79.9. The summed E-state index contributed by atoms with van der Waals surface area (Å²) in [6.45, 7) is 6.51. The Balaban J connectivity index is 2.05. The average molecular weight is 366 g/mol. The molecule has 0 radical (unpaired) electrons. The van der Waals surface area contributed by atoms with Crippen LogP contribution in [0.5, 0.6) is 0 Å². The first kappa shape index (κ1) is 15.6. The van der Waals surface area contributed by atoms with Gasteiger partial charge in [-0.1, -0.05) is 35.6 Å². The van der Waals surface area contributed by atoms with E-state index >= 15 is 0 Å². The molecule has 1 amide bonds. The summed E-state index contributed by atoms with van der Waals surface area (Å²) in [5.74, 6) is -0.267. The molecule has 2 aromatic rings. The molecule has 1 heterocycles. The van der Waals surface area contributed by atoms with Gasteiger partial charge in [-0.3, -0.25) is 4.79 Å². The summed E-state index contributed by atoms with van der Waals surface area (Å²) < 4.78 is 0.921. The maximum absolute atomic E-state index is 11.9. The number of nitrogens with zero attached hydrogens (tertiary/aromatic N) is 3. The van der Waals surface area contributed by atoms with E-state index in [9.17, 15) is 4.79 Å². The third-order valence-electron chi connectivity index (χ3n) is 2.74. The molecule has 0 saturated carbocycles. The lowest BCUT2D eigenvalue weighted by molar-refractivity contribution is 0.0955. The number of hydrogen-bond donors (Lipinski definition) is 2. The second-order valence-corrected chi connectivity index (χ2v) is 11.4. The van der Waals surface area contributed by atoms with E-state index in [-0.39, 0.29) is 5.91 Å². The maximum atomic E-state index is 11.9. The Morgan fingerprint density at radius 2 is 1.95 bits per heavy atom. The highest BCUT2D eigenvalue weighted by Crippen LogP contribution is 2.10. The van der Waals surface area contributed by atoms with Gasteiger partial charge in [-0.2, -0.15) is 20.5 Å². The van der Waals surface area contributed by atoms with Crippen LogP contribution in [-0.2, 0) is 0 Å². The van der Waals surface area contributed by atoms with Crippen molar-refractivity contribution in [2.24, 2.45) is 5.10 Å². The van der Waals surface area contributed by atoms with E-state index in [1.54, 1.807) is 24.3 Å². The van der Waals surface area contributed by atoms with Gasteiger partial charge in [0.15, 0.2) is 0 Å². The van der Waals surface area contributed by atoms with Crippen LogP contribution in [0.15, 0.2) is 33.8 Å². The number of aromatic nitrogens is 3. The smallest absolute Gasteiger partial charge is 0.267 e. The fourth-order valence-electron chi connectivity index (χ4n) is 1.70. The predicted octanol–water partition coefficient (Wildman–Crippen LogP) is 1.88. The zero-order chi connectivity index (χ0) is 15.5. The molecule has 21 heavy (non-hydrogen) atoms. The van der Waals surface area contributed by atoms with Crippen molar-refractivity contribution >= 4 is 41.4 Å². The minimum atomic E-state index is -1.59. The molecule has 6 nitrogen and oxygen atoms in total. The minimum Gasteiger partial charge on any atom is -0.267 e. The summed E-state index contributed by atoms with van der Waals surface area (Å²) in [6.07, 6.45) is 1.52. The highest BCUT2D eigenvalue weighted by molar-refractivity contribution is 9.10. The largest absolute Gasteiger partial charge is 0.271 e. The average Bonchev–Trinajstić information content (AvgIpc) is 2.88. The standard InChI is InChI=1S/C13H16BrN5OSi/c1-21(2,3)13-11(16-19-18-13)8-15-17-12(20)9-4-6-10(14)7-5-9/h4-8H,1-3H3,(H,17,20)(H,16,18,19)/b15-8+. The molecule has 0 aliphatic heterocycles. The van der Waals surface area contributed by atoms with Gasteiger partial charge in [0.25, 0.3) is 5.91 Å². The van der Waals surface area contributed by atoms with E-state index in [4.69, 9.17) is 0 Å². The molecule has 0 atom stereocenters. The Labute approximate surface area is 132 Å². The Kier molecular flexibility index (Phi) is 4.68. The molecule has 8 heteroatoms. The fourth-order valence-corrected chi connectivity index (χ4v) is 3.24. The Hall–Kier alpha value is -1.80. The highest BCUT2D eigenvalue weighted by Gasteiger charge is 2.23. The number of rotatable bonds is 4. The molecule has 2 N–H and O–H groups in total. The molecule has 2 rings (SSSR count). The minimum absolute atomic E-state index is 0.267. The van der Waals surface area contributed by atoms with Crippen molar-refractivity contribution in [3.63, 3.8) is 0 Å². The van der Waals surface area contributed by atoms with E-state index in [1.807, 2.05) is 0 Å². The van der Waals surface area contributed by atoms with Crippen molar-refractivity contribution < 1.29 is 4.79 Å². The van der Waals surface area contributed by atoms with Gasteiger partial charge in [-0.05, 0) is 24.3 Å². The van der Waals surface area contributed by atoms with Crippen molar-refractivity contribution in [2.75, 3.05) is 0 Å². The normalized spacial score (nSPS) is 11.8. The van der Waals surface area contributed by atoms with Crippen LogP contribution in [0.1, 0.15) is 16.1 Å². The molecule has 0 aliphatic carbocycles. The summed E-state index contributed by atoms with van der Waals surface area (Å²) in [5.41, 5.74) is 3.70. The molecule has 0 aliphatic rings. The van der Waals surface area contributed by atoms with Crippen LogP contribution in [0.3, 0.4) is 0 Å². The van der Waals surface area contributed by atoms with Crippen molar-refractivity contribution in [1.82, 2.24) is 20.8 Å². The third-order valence-corrected chi connectivity index (χ3v) is 5.06. The quantitative estimate of drug-likeness (QED) is 0.492. The van der Waals surface area contributed by atoms with Crippen LogP contribution in [0.4, 0.5) is 0 Å². The number of amides is 1. The van der Waals surface area contributed by atoms with Gasteiger partial charge in [-0.15, -0.1) is 0 Å². The molecule has 0 bridgehead atoms. The Bertz CT molecular complexity index is 660. The number of hydrogen-bond acceptors (Lipinski definition) is 4. The molecule has 110 valence electrons. The zero-order valence-corrected chi connectivity index (χ0v) is 14.6. The number of nitrogens with one attached hydrogen (secondary N) is 2. The van der Waals surface area contributed by atoms with Crippen LogP contribution in [0.2, 0.25) is 19.6 Å². The van der Waals surface area contributed by atoms with Crippen molar-refractivity contribution in [2.45, 2.75) is 19.6 Å². The molecule has 0 spiro atoms. The van der Waals surface area contributed by atoms with Crippen LogP contribution < -0.4 is 10.7 Å². The fraction of sp³-hybridized carbons (Fsp3) is 0.231. The van der Waals surface area contributed by atoms with Gasteiger partial charge in [0.05, 0.1) is 11.5 Å². The summed E-state index contributed by atoms with van der Waals surface area (Å²) >= 11 is 3.32. The number of carbonyl (C=O) groups excluding carboxylic acids is 1. The molecule has 1 aromatic carbocycles. The van der Waals surface area contributed by atoms with E-state index in [1.165, 1.54) is 6.21 Å². The lowest BCUT2D eigenvalue weighted by atomic mass is 10.2. The van der Waals surface area contributed by atoms with E-state index in [0.717, 1.165) is 9.79 Å². The molecular weight excluding hydrogens is 350 g/mol. The second kappa shape index (κ2) is 6.31. The van der Waals surface area contributed by atoms with E-state index < -0.39 is 8.07 Å². The number of H-pyrrole nitrogens is 1. The van der Waals surface area contributed by atoms with Crippen LogP contribution in [0.25, 0.3) is 0 Å². The number of aromatic amines is 1. The zero-order valence-electron chi connectivity index (χ0n) is 12.0. The first-order chi connectivity index (χ1) is 9.88. The van der Waals surface area contributed by atoms with Crippen molar-refractivity contribution in [1.29, 1.82) is 0 Å². The molecule has 0 saturated heterocycles. The summed E-state index contributed by atoms with van der Waals surface area (Å²) in [4.78, 5) is 11.9. The molecule has 1 aromatic heterocycles. The van der Waals surface area contributed by atoms with E-state index in [0.29, 0.717) is 11.3 Å². The van der Waals surface area contributed by atoms with E-state index in [2.05, 4.69) is 61.5 Å². The predicted molar refractivity (Wildman–Crippen MR) is 88.6 cm³/mol. The third kappa shape index (κ3) is 4.08. The van der Waals surface area contributed by atoms with Crippen LogP contribution >= 0.6 is 15.9 Å². The van der Waals surface area contributed by atoms with Gasteiger partial charge < -0.3 is 0 Å². The molecule has 0 fully saturated rings. The van der Waals surface area contributed by atoms with Gasteiger partial charge in [-0.25, -0.2) is 5.43 Å². The van der Waals surface area contributed by atoms with Crippen molar-refractivity contribution in [3.05, 3.63) is 40.0 Å². The van der Waals surface area contributed by atoms with Gasteiger partial charge in [0, 0.05) is 10.0 Å². The summed E-state index contributed by atoms with van der Waals surface area (Å²) in [5, 5.41) is 15.7. The monoisotopic (exact) mass is 365 g/mol. The summed E-state index contributed by atoms with van der Waals surface area (Å²) in [7, 11) is -1.59. The Morgan fingerprint density at radius 3 is 2.57 bits per heavy atom. The number of benzene rings is 1. The lowest BCUT2D eigenvalue weighted by Gasteiger charge is -2.11. The number of carbonyl (C=O) groups is 1. The summed E-state index contributed by atoms with van der Waals surface area (Å²) in [6, 6.07) is 7.05. The first-order valence-corrected chi connectivity index (χ1v) is 10.7. The van der Waals surface area contributed by atoms with Crippen LogP contribution in [-0.4, -0.2) is 35.6 Å². The number of halogens is 1. The second-order valence-electron chi connectivity index (χ2n) is 5.51. The maximum Gasteiger partial charge on any atom is 0.271 e. The SMILES string of the molecule is C[Si](C)(C)c1n[nH]nc1/C=N/NC(=O)c1ccc(Br)cc1. The molecular formula is C13H16BrN5OSi.